The van der Waals surface area contributed by atoms with Gasteiger partial charge in [0.1, 0.15) is 11.8 Å². The number of ether oxygens (including phenoxy) is 1. The third-order valence-electron chi connectivity index (χ3n) is 12.0. The molecule has 16 heteroatoms. The zero-order chi connectivity index (χ0) is 43.4. The minimum Gasteiger partial charge on any atom is -0.470 e. The molecular weight excluding hydrogens is 822 g/mol. The lowest BCUT2D eigenvalue weighted by molar-refractivity contribution is -0.162. The minimum absolute atomic E-state index is 0.131. The van der Waals surface area contributed by atoms with Crippen molar-refractivity contribution in [2.24, 2.45) is 5.92 Å². The van der Waals surface area contributed by atoms with E-state index in [2.05, 4.69) is 26.7 Å². The van der Waals surface area contributed by atoms with E-state index in [1.807, 2.05) is 26.0 Å². The number of amides is 4. The fourth-order valence-corrected chi connectivity index (χ4v) is 11.0. The molecule has 1 aromatic heterocycles. The fraction of sp³-hybridized carbons (Fsp3) is 0.556. The Morgan fingerprint density at radius 1 is 0.951 bits per heavy atom. The van der Waals surface area contributed by atoms with Crippen molar-refractivity contribution in [2.45, 2.75) is 138 Å². The Kier molecular flexibility index (Phi) is 16.2. The number of carbonyl (C=O) groups excluding carboxylic acids is 5. The molecule has 2 aromatic carbocycles. The fourth-order valence-electron chi connectivity index (χ4n) is 8.82. The van der Waals surface area contributed by atoms with E-state index in [9.17, 15) is 24.0 Å². The molecule has 6 atom stereocenters. The van der Waals surface area contributed by atoms with E-state index in [-0.39, 0.29) is 42.1 Å². The number of nitrogens with one attached hydrogen (secondary N) is 5. The standard InChI is InChI=1S/C45H58ClN5O9S/c1-3-5-14-33(40(54)44(23-6-4-2)45(24-12-11-18-38(53)60-51-44)39-34(28-61-45)49-43(57)50-39)41(55)47-25-13-7-8-17-37(52)48-30-21-19-29(20-22-30)26-36(46)59-35-27-58-42(56)32-16-10-9-15-31(32)35/h9-10,15-16,19-22,27,33-34,36,39,51H,3-8,11-14,17-18,23-26,28H2,1-2H3,(H,47,55)(H,48,52)(H2,49,50,57)/t33?,34-,36?,39-,44?,45-/m1/s1. The van der Waals surface area contributed by atoms with E-state index in [0.29, 0.717) is 112 Å². The van der Waals surface area contributed by atoms with Gasteiger partial charge in [0, 0.05) is 42.6 Å². The van der Waals surface area contributed by atoms with Crippen LogP contribution < -0.4 is 37.1 Å². The van der Waals surface area contributed by atoms with Crippen molar-refractivity contribution in [3.63, 3.8) is 0 Å². The number of fused-ring (bicyclic) bond motifs is 3. The zero-order valence-corrected chi connectivity index (χ0v) is 36.6. The number of carbonyl (C=O) groups is 5. The molecule has 3 aliphatic rings. The molecular formula is C45H58ClN5O9S. The molecule has 3 fully saturated rings. The number of rotatable bonds is 20. The molecule has 330 valence electrons. The van der Waals surface area contributed by atoms with Gasteiger partial charge in [-0.05, 0) is 62.3 Å². The lowest BCUT2D eigenvalue weighted by Crippen LogP contribution is -2.73. The van der Waals surface area contributed by atoms with Crippen LogP contribution in [0.15, 0.2) is 64.0 Å². The van der Waals surface area contributed by atoms with Crippen molar-refractivity contribution in [1.82, 2.24) is 21.4 Å². The number of hydroxylamine groups is 1. The van der Waals surface area contributed by atoms with E-state index in [1.165, 1.54) is 6.26 Å². The third kappa shape index (κ3) is 10.9. The first-order valence-corrected chi connectivity index (χ1v) is 23.1. The zero-order valence-electron chi connectivity index (χ0n) is 35.0. The average Bonchev–Trinajstić information content (AvgIpc) is 3.81. The third-order valence-corrected chi connectivity index (χ3v) is 14.1. The number of unbranched alkanes of at least 4 members (excludes halogenated alkanes) is 4. The lowest BCUT2D eigenvalue weighted by Gasteiger charge is -2.50. The van der Waals surface area contributed by atoms with E-state index in [1.54, 1.807) is 48.2 Å². The Bertz CT molecular complexity index is 2080. The molecule has 4 heterocycles. The number of urea groups is 1. The first-order valence-electron chi connectivity index (χ1n) is 21.7. The monoisotopic (exact) mass is 879 g/mol. The molecule has 5 N–H and O–H groups in total. The summed E-state index contributed by atoms with van der Waals surface area (Å²) >= 11 is 8.14. The van der Waals surface area contributed by atoms with Crippen LogP contribution >= 0.6 is 23.4 Å². The van der Waals surface area contributed by atoms with Gasteiger partial charge in [-0.3, -0.25) is 19.2 Å². The minimum atomic E-state index is -1.41. The summed E-state index contributed by atoms with van der Waals surface area (Å²) in [6, 6.07) is 13.5. The number of alkyl halides is 1. The second-order valence-electron chi connectivity index (χ2n) is 16.3. The molecule has 0 bridgehead atoms. The second-order valence-corrected chi connectivity index (χ2v) is 18.1. The highest BCUT2D eigenvalue weighted by Crippen LogP contribution is 2.54. The van der Waals surface area contributed by atoms with E-state index in [4.69, 9.17) is 25.6 Å². The Hall–Kier alpha value is -4.60. The predicted molar refractivity (Wildman–Crippen MR) is 235 cm³/mol. The van der Waals surface area contributed by atoms with Gasteiger partial charge in [-0.25, -0.2) is 9.59 Å². The molecule has 14 nitrogen and oxygen atoms in total. The maximum atomic E-state index is 15.2. The van der Waals surface area contributed by atoms with Crippen LogP contribution in [-0.2, 0) is 30.4 Å². The van der Waals surface area contributed by atoms with Gasteiger partial charge in [-0.15, -0.1) is 17.2 Å². The van der Waals surface area contributed by atoms with Crippen LogP contribution in [0, 0.1) is 5.92 Å². The summed E-state index contributed by atoms with van der Waals surface area (Å²) in [6.45, 7) is 4.39. The van der Waals surface area contributed by atoms with Gasteiger partial charge in [-0.1, -0.05) is 94.3 Å². The molecule has 3 aliphatic heterocycles. The van der Waals surface area contributed by atoms with Crippen LogP contribution in [-0.4, -0.2) is 69.8 Å². The number of Topliss-reactive ketones (excluding diaryl/α,β-unsaturated/α-hetero) is 1. The van der Waals surface area contributed by atoms with Crippen molar-refractivity contribution < 1.29 is 38.0 Å². The van der Waals surface area contributed by atoms with E-state index >= 15 is 4.79 Å². The van der Waals surface area contributed by atoms with Crippen LogP contribution in [0.1, 0.15) is 109 Å². The van der Waals surface area contributed by atoms with Gasteiger partial charge in [0.05, 0.1) is 28.1 Å². The number of thioether (sulfide) groups is 1. The number of hydrogen-bond acceptors (Lipinski definition) is 11. The first-order chi connectivity index (χ1) is 29.5. The van der Waals surface area contributed by atoms with E-state index < -0.39 is 33.4 Å². The lowest BCUT2D eigenvalue weighted by atomic mass is 9.66. The van der Waals surface area contributed by atoms with Gasteiger partial charge >= 0.3 is 17.6 Å². The first kappa shape index (κ1) is 45.9. The van der Waals surface area contributed by atoms with Crippen molar-refractivity contribution in [3.8, 4) is 5.75 Å². The Morgan fingerprint density at radius 3 is 2.49 bits per heavy atom. The topological polar surface area (TPSA) is 194 Å². The number of anilines is 1. The van der Waals surface area contributed by atoms with Crippen molar-refractivity contribution >= 4 is 69.4 Å². The molecule has 3 unspecified atom stereocenters. The van der Waals surface area contributed by atoms with Gasteiger partial charge in [0.25, 0.3) is 0 Å². The summed E-state index contributed by atoms with van der Waals surface area (Å²) in [5.74, 6) is -1.25. The van der Waals surface area contributed by atoms with Crippen molar-refractivity contribution in [2.75, 3.05) is 17.6 Å². The molecule has 0 saturated carbocycles. The number of halogens is 1. The number of benzene rings is 2. The summed E-state index contributed by atoms with van der Waals surface area (Å²) < 4.78 is 10.1. The van der Waals surface area contributed by atoms with Gasteiger partial charge in [-0.2, -0.15) is 0 Å². The average molecular weight is 881 g/mol. The SMILES string of the molecule is CCCCC(C(=O)NCCCCCC(=O)Nc1ccc(CC(Cl)Oc2coc(=O)c3ccccc23)cc1)C(=O)C1(CCCC)NOC(=O)CCCC[C@]12SC[C@H]1NC(=O)N[C@H]12. The van der Waals surface area contributed by atoms with Crippen molar-refractivity contribution in [3.05, 3.63) is 70.8 Å². The van der Waals surface area contributed by atoms with Crippen molar-refractivity contribution in [1.29, 1.82) is 0 Å². The molecule has 3 aromatic rings. The highest BCUT2D eigenvalue weighted by Gasteiger charge is 2.68. The van der Waals surface area contributed by atoms with Crippen LogP contribution in [0.25, 0.3) is 10.8 Å². The largest absolute Gasteiger partial charge is 0.470 e. The maximum absolute atomic E-state index is 15.2. The Morgan fingerprint density at radius 2 is 1.72 bits per heavy atom. The maximum Gasteiger partial charge on any atom is 0.343 e. The highest BCUT2D eigenvalue weighted by molar-refractivity contribution is 8.01. The summed E-state index contributed by atoms with van der Waals surface area (Å²) in [4.78, 5) is 85.2. The Labute approximate surface area is 365 Å². The molecule has 6 rings (SSSR count). The quantitative estimate of drug-likeness (QED) is 0.0338. The van der Waals surface area contributed by atoms with Gasteiger partial charge < -0.3 is 35.3 Å². The molecule has 0 radical (unpaired) electrons. The van der Waals surface area contributed by atoms with Crippen LogP contribution in [0.3, 0.4) is 0 Å². The van der Waals surface area contributed by atoms with Crippen LogP contribution in [0.4, 0.5) is 10.5 Å². The van der Waals surface area contributed by atoms with Gasteiger partial charge in [0.2, 0.25) is 11.8 Å². The normalized spacial score (nSPS) is 23.4. The number of hydrogen-bond donors (Lipinski definition) is 5. The van der Waals surface area contributed by atoms with Gasteiger partial charge in [0.15, 0.2) is 17.1 Å². The summed E-state index contributed by atoms with van der Waals surface area (Å²) in [6.07, 6.45) is 9.46. The summed E-state index contributed by atoms with van der Waals surface area (Å²) in [5, 5.41) is 13.1. The molecule has 3 saturated heterocycles. The molecule has 0 aliphatic carbocycles. The van der Waals surface area contributed by atoms with Crippen LogP contribution in [0.2, 0.25) is 0 Å². The molecule has 61 heavy (non-hydrogen) atoms. The smallest absolute Gasteiger partial charge is 0.343 e. The highest BCUT2D eigenvalue weighted by atomic mass is 35.5. The molecule has 4 amide bonds. The molecule has 1 spiro atoms. The van der Waals surface area contributed by atoms with Crippen LogP contribution in [0.5, 0.6) is 5.75 Å². The van der Waals surface area contributed by atoms with E-state index in [0.717, 1.165) is 18.4 Å². The Balaban J connectivity index is 1.00. The second kappa shape index (κ2) is 21.5. The summed E-state index contributed by atoms with van der Waals surface area (Å²) in [7, 11) is 0. The summed E-state index contributed by atoms with van der Waals surface area (Å²) in [5.41, 5.74) is 1.98. The number of ketones is 1. The predicted octanol–water partition coefficient (Wildman–Crippen LogP) is 7.06.